The normalized spacial score (nSPS) is 13.1. The highest BCUT2D eigenvalue weighted by molar-refractivity contribution is 5.87. The first kappa shape index (κ1) is 13.0. The number of aromatic amines is 1. The SMILES string of the molecule is O=C(O)C(Cc1cn[nH]c1)NC(=O)C(F)(F)F. The van der Waals surface area contributed by atoms with Gasteiger partial charge in [0.25, 0.3) is 0 Å². The van der Waals surface area contributed by atoms with Crippen LogP contribution in [0.2, 0.25) is 0 Å². The van der Waals surface area contributed by atoms with Crippen LogP contribution in [0.15, 0.2) is 12.4 Å². The number of carboxylic acid groups (broad SMARTS) is 1. The minimum atomic E-state index is -5.11. The summed E-state index contributed by atoms with van der Waals surface area (Å²) in [5.41, 5.74) is 0.375. The van der Waals surface area contributed by atoms with E-state index in [1.807, 2.05) is 0 Å². The Labute approximate surface area is 92.8 Å². The molecule has 6 nitrogen and oxygen atoms in total. The summed E-state index contributed by atoms with van der Waals surface area (Å²) >= 11 is 0. The minimum absolute atomic E-state index is 0.284. The highest BCUT2D eigenvalue weighted by atomic mass is 19.4. The van der Waals surface area contributed by atoms with Gasteiger partial charge >= 0.3 is 18.1 Å². The van der Waals surface area contributed by atoms with Crippen LogP contribution >= 0.6 is 0 Å². The second-order valence-electron chi connectivity index (χ2n) is 3.17. The van der Waals surface area contributed by atoms with Crippen LogP contribution in [0.1, 0.15) is 5.56 Å². The summed E-state index contributed by atoms with van der Waals surface area (Å²) < 4.78 is 35.8. The number of carboxylic acids is 1. The third-order valence-electron chi connectivity index (χ3n) is 1.86. The fourth-order valence-corrected chi connectivity index (χ4v) is 1.07. The molecule has 0 spiro atoms. The molecule has 0 saturated carbocycles. The van der Waals surface area contributed by atoms with Gasteiger partial charge in [-0.2, -0.15) is 18.3 Å². The van der Waals surface area contributed by atoms with Gasteiger partial charge in [-0.15, -0.1) is 0 Å². The van der Waals surface area contributed by atoms with Crippen LogP contribution in [-0.4, -0.2) is 39.4 Å². The Bertz CT molecular complexity index is 402. The van der Waals surface area contributed by atoms with E-state index in [4.69, 9.17) is 5.11 Å². The molecule has 0 aliphatic heterocycles. The van der Waals surface area contributed by atoms with Gasteiger partial charge in [-0.25, -0.2) is 4.79 Å². The number of hydrogen-bond donors (Lipinski definition) is 3. The quantitative estimate of drug-likeness (QED) is 0.706. The van der Waals surface area contributed by atoms with Gasteiger partial charge in [-0.3, -0.25) is 9.89 Å². The summed E-state index contributed by atoms with van der Waals surface area (Å²) in [7, 11) is 0. The standard InChI is InChI=1S/C8H8F3N3O3/c9-8(10,11)7(17)14-5(6(15)16)1-4-2-12-13-3-4/h2-3,5H,1H2,(H,12,13)(H,14,17)(H,15,16). The highest BCUT2D eigenvalue weighted by Gasteiger charge is 2.40. The van der Waals surface area contributed by atoms with Crippen molar-refractivity contribution in [2.75, 3.05) is 0 Å². The number of aromatic nitrogens is 2. The fraction of sp³-hybridized carbons (Fsp3) is 0.375. The molecule has 1 aromatic heterocycles. The summed E-state index contributed by atoms with van der Waals surface area (Å²) in [5.74, 6) is -3.84. The van der Waals surface area contributed by atoms with Crippen molar-refractivity contribution < 1.29 is 27.9 Å². The molecular weight excluding hydrogens is 243 g/mol. The lowest BCUT2D eigenvalue weighted by atomic mass is 10.1. The molecule has 1 heterocycles. The van der Waals surface area contributed by atoms with Crippen molar-refractivity contribution in [2.24, 2.45) is 0 Å². The van der Waals surface area contributed by atoms with Gasteiger partial charge in [0.1, 0.15) is 6.04 Å². The second kappa shape index (κ2) is 4.85. The number of aliphatic carboxylic acids is 1. The van der Waals surface area contributed by atoms with Gasteiger partial charge in [0.05, 0.1) is 6.20 Å². The van der Waals surface area contributed by atoms with Crippen LogP contribution in [0, 0.1) is 0 Å². The van der Waals surface area contributed by atoms with Crippen LogP contribution in [0.4, 0.5) is 13.2 Å². The maximum atomic E-state index is 11.9. The van der Waals surface area contributed by atoms with Gasteiger partial charge in [0.15, 0.2) is 0 Å². The highest BCUT2D eigenvalue weighted by Crippen LogP contribution is 2.15. The molecule has 3 N–H and O–H groups in total. The van der Waals surface area contributed by atoms with E-state index >= 15 is 0 Å². The number of hydrogen-bond acceptors (Lipinski definition) is 3. The van der Waals surface area contributed by atoms with Gasteiger partial charge in [-0.1, -0.05) is 0 Å². The van der Waals surface area contributed by atoms with Gasteiger partial charge in [0.2, 0.25) is 0 Å². The van der Waals surface area contributed by atoms with E-state index in [2.05, 4.69) is 10.2 Å². The predicted molar refractivity (Wildman–Crippen MR) is 47.9 cm³/mol. The second-order valence-corrected chi connectivity index (χ2v) is 3.17. The Morgan fingerprint density at radius 1 is 1.53 bits per heavy atom. The number of rotatable bonds is 4. The van der Waals surface area contributed by atoms with E-state index < -0.39 is 24.1 Å². The van der Waals surface area contributed by atoms with E-state index in [-0.39, 0.29) is 6.42 Å². The number of nitrogens with one attached hydrogen (secondary N) is 2. The Balaban J connectivity index is 2.68. The molecule has 0 radical (unpaired) electrons. The number of carbonyl (C=O) groups is 2. The number of amides is 1. The maximum absolute atomic E-state index is 11.9. The monoisotopic (exact) mass is 251 g/mol. The first-order chi connectivity index (χ1) is 7.80. The van der Waals surface area contributed by atoms with E-state index in [9.17, 15) is 22.8 Å². The number of halogens is 3. The zero-order valence-electron chi connectivity index (χ0n) is 8.28. The van der Waals surface area contributed by atoms with E-state index in [1.165, 1.54) is 17.7 Å². The van der Waals surface area contributed by atoms with Gasteiger partial charge in [0, 0.05) is 12.6 Å². The van der Waals surface area contributed by atoms with E-state index in [0.29, 0.717) is 5.56 Å². The van der Waals surface area contributed by atoms with Crippen molar-refractivity contribution in [1.82, 2.24) is 15.5 Å². The summed E-state index contributed by atoms with van der Waals surface area (Å²) in [6.45, 7) is 0. The summed E-state index contributed by atoms with van der Waals surface area (Å²) in [5, 5.41) is 16.0. The molecule has 9 heteroatoms. The molecular formula is C8H8F3N3O3. The third kappa shape index (κ3) is 3.78. The van der Waals surface area contributed by atoms with E-state index in [1.54, 1.807) is 0 Å². The predicted octanol–water partition coefficient (Wildman–Crippen LogP) is 0.0839. The molecule has 0 aromatic carbocycles. The lowest BCUT2D eigenvalue weighted by Crippen LogP contribution is -2.47. The van der Waals surface area contributed by atoms with Crippen molar-refractivity contribution in [3.63, 3.8) is 0 Å². The smallest absolute Gasteiger partial charge is 0.471 e. The zero-order chi connectivity index (χ0) is 13.1. The van der Waals surface area contributed by atoms with Crippen molar-refractivity contribution in [2.45, 2.75) is 18.6 Å². The third-order valence-corrected chi connectivity index (χ3v) is 1.86. The molecule has 1 aromatic rings. The first-order valence-corrected chi connectivity index (χ1v) is 4.39. The average Bonchev–Trinajstić information content (AvgIpc) is 2.67. The zero-order valence-corrected chi connectivity index (χ0v) is 8.28. The number of H-pyrrole nitrogens is 1. The molecule has 0 bridgehead atoms. The Kier molecular flexibility index (Phi) is 3.71. The fourth-order valence-electron chi connectivity index (χ4n) is 1.07. The first-order valence-electron chi connectivity index (χ1n) is 4.39. The van der Waals surface area contributed by atoms with Crippen molar-refractivity contribution in [3.8, 4) is 0 Å². The molecule has 0 saturated heterocycles. The molecule has 17 heavy (non-hydrogen) atoms. The number of nitrogens with zero attached hydrogens (tertiary/aromatic N) is 1. The topological polar surface area (TPSA) is 95.1 Å². The van der Waals surface area contributed by atoms with Crippen LogP contribution in [0.3, 0.4) is 0 Å². The lowest BCUT2D eigenvalue weighted by Gasteiger charge is -2.14. The Hall–Kier alpha value is -2.06. The maximum Gasteiger partial charge on any atom is 0.471 e. The molecule has 0 aliphatic rings. The Morgan fingerprint density at radius 3 is 2.59 bits per heavy atom. The number of carbonyl (C=O) groups excluding carboxylic acids is 1. The molecule has 0 fully saturated rings. The van der Waals surface area contributed by atoms with Crippen LogP contribution < -0.4 is 5.32 Å². The van der Waals surface area contributed by atoms with Crippen LogP contribution in [-0.2, 0) is 16.0 Å². The lowest BCUT2D eigenvalue weighted by molar-refractivity contribution is -0.175. The summed E-state index contributed by atoms with van der Waals surface area (Å²) in [6.07, 6.45) is -2.80. The molecule has 1 amide bonds. The molecule has 1 atom stereocenters. The molecule has 94 valence electrons. The summed E-state index contributed by atoms with van der Waals surface area (Å²) in [6, 6.07) is -1.65. The van der Waals surface area contributed by atoms with Gasteiger partial charge in [-0.05, 0) is 5.56 Å². The van der Waals surface area contributed by atoms with Crippen molar-refractivity contribution >= 4 is 11.9 Å². The van der Waals surface area contributed by atoms with Crippen LogP contribution in [0.25, 0.3) is 0 Å². The minimum Gasteiger partial charge on any atom is -0.480 e. The summed E-state index contributed by atoms with van der Waals surface area (Å²) in [4.78, 5) is 21.3. The molecule has 1 rings (SSSR count). The van der Waals surface area contributed by atoms with Crippen molar-refractivity contribution in [1.29, 1.82) is 0 Å². The van der Waals surface area contributed by atoms with Gasteiger partial charge < -0.3 is 10.4 Å². The van der Waals surface area contributed by atoms with Crippen molar-refractivity contribution in [3.05, 3.63) is 18.0 Å². The van der Waals surface area contributed by atoms with Crippen LogP contribution in [0.5, 0.6) is 0 Å². The largest absolute Gasteiger partial charge is 0.480 e. The average molecular weight is 251 g/mol. The van der Waals surface area contributed by atoms with E-state index in [0.717, 1.165) is 0 Å². The molecule has 0 aliphatic carbocycles. The molecule has 1 unspecified atom stereocenters. The number of alkyl halides is 3. The Morgan fingerprint density at radius 2 is 2.18 bits per heavy atom.